The lowest BCUT2D eigenvalue weighted by molar-refractivity contribution is 0.0821. The number of anilines is 1. The van der Waals surface area contributed by atoms with Crippen LogP contribution in [0, 0.1) is 0 Å². The number of nitrogens with zero attached hydrogens (tertiary/aromatic N) is 4. The van der Waals surface area contributed by atoms with E-state index in [1.54, 1.807) is 20.3 Å². The van der Waals surface area contributed by atoms with E-state index < -0.39 is 0 Å². The zero-order valence-corrected chi connectivity index (χ0v) is 11.1. The first-order valence-electron chi connectivity index (χ1n) is 6.10. The molecule has 6 heteroatoms. The van der Waals surface area contributed by atoms with Crippen molar-refractivity contribution in [3.63, 3.8) is 0 Å². The van der Waals surface area contributed by atoms with Crippen molar-refractivity contribution in [2.45, 2.75) is 13.0 Å². The first kappa shape index (κ1) is 12.8. The van der Waals surface area contributed by atoms with E-state index in [1.165, 1.54) is 11.1 Å². The molecule has 2 heterocycles. The van der Waals surface area contributed by atoms with Crippen LogP contribution >= 0.6 is 0 Å². The number of carbonyl (C=O) groups excluding carboxylic acids is 1. The van der Waals surface area contributed by atoms with E-state index in [2.05, 4.69) is 27.1 Å². The van der Waals surface area contributed by atoms with Gasteiger partial charge in [0.05, 0.1) is 12.4 Å². The lowest BCUT2D eigenvalue weighted by Gasteiger charge is -2.32. The summed E-state index contributed by atoms with van der Waals surface area (Å²) < 4.78 is 0. The minimum absolute atomic E-state index is 0.118. The Morgan fingerprint density at radius 3 is 2.94 bits per heavy atom. The smallest absolute Gasteiger partial charge is 0.273 e. The van der Waals surface area contributed by atoms with E-state index >= 15 is 0 Å². The zero-order chi connectivity index (χ0) is 13.1. The van der Waals surface area contributed by atoms with Crippen LogP contribution in [0.4, 0.5) is 5.82 Å². The second-order valence-electron chi connectivity index (χ2n) is 4.76. The summed E-state index contributed by atoms with van der Waals surface area (Å²) in [6.45, 7) is 4.83. The van der Waals surface area contributed by atoms with Crippen molar-refractivity contribution in [3.8, 4) is 0 Å². The van der Waals surface area contributed by atoms with E-state index in [-0.39, 0.29) is 5.91 Å². The highest BCUT2D eigenvalue weighted by atomic mass is 16.2. The Bertz CT molecular complexity index is 434. The van der Waals surface area contributed by atoms with Crippen LogP contribution in [0.3, 0.4) is 0 Å². The molecule has 1 amide bonds. The van der Waals surface area contributed by atoms with Gasteiger partial charge in [0.15, 0.2) is 0 Å². The van der Waals surface area contributed by atoms with Crippen molar-refractivity contribution < 1.29 is 4.79 Å². The first-order valence-corrected chi connectivity index (χ1v) is 6.10. The van der Waals surface area contributed by atoms with Crippen LogP contribution in [-0.4, -0.2) is 60.5 Å². The molecule has 1 atom stereocenters. The number of nitrogens with one attached hydrogen (secondary N) is 1. The highest BCUT2D eigenvalue weighted by molar-refractivity contribution is 5.91. The van der Waals surface area contributed by atoms with Crippen molar-refractivity contribution in [1.82, 2.24) is 20.2 Å². The predicted molar refractivity (Wildman–Crippen MR) is 69.7 cm³/mol. The summed E-state index contributed by atoms with van der Waals surface area (Å²) in [5.74, 6) is 0.656. The molecule has 0 aromatic carbocycles. The summed E-state index contributed by atoms with van der Waals surface area (Å²) in [5, 5.41) is 3.37. The van der Waals surface area contributed by atoms with Gasteiger partial charge in [-0.25, -0.2) is 4.98 Å². The lowest BCUT2D eigenvalue weighted by atomic mass is 10.2. The molecule has 2 rings (SSSR count). The van der Waals surface area contributed by atoms with Crippen LogP contribution in [0.1, 0.15) is 17.4 Å². The molecule has 18 heavy (non-hydrogen) atoms. The normalized spacial score (nSPS) is 19.7. The summed E-state index contributed by atoms with van der Waals surface area (Å²) in [6, 6.07) is 0.425. The maximum absolute atomic E-state index is 11.8. The molecule has 1 aliphatic heterocycles. The lowest BCUT2D eigenvalue weighted by Crippen LogP contribution is -2.49. The molecule has 6 nitrogen and oxygen atoms in total. The van der Waals surface area contributed by atoms with Crippen molar-refractivity contribution in [2.24, 2.45) is 0 Å². The predicted octanol–water partition coefficient (Wildman–Crippen LogP) is -0.0235. The van der Waals surface area contributed by atoms with Gasteiger partial charge in [-0.1, -0.05) is 0 Å². The third-order valence-electron chi connectivity index (χ3n) is 2.94. The maximum atomic E-state index is 11.8. The second-order valence-corrected chi connectivity index (χ2v) is 4.76. The molecule has 1 N–H and O–H groups in total. The van der Waals surface area contributed by atoms with Gasteiger partial charge in [-0.2, -0.15) is 0 Å². The Morgan fingerprint density at radius 2 is 2.28 bits per heavy atom. The van der Waals surface area contributed by atoms with E-state index in [1.807, 2.05) is 0 Å². The minimum Gasteiger partial charge on any atom is -0.352 e. The number of hydrogen-bond acceptors (Lipinski definition) is 5. The fraction of sp³-hybridized carbons (Fsp3) is 0.583. The van der Waals surface area contributed by atoms with Crippen LogP contribution in [0.2, 0.25) is 0 Å². The molecule has 1 aromatic heterocycles. The Balaban J connectivity index is 2.19. The topological polar surface area (TPSA) is 61.4 Å². The fourth-order valence-corrected chi connectivity index (χ4v) is 1.98. The number of hydrogen-bond donors (Lipinski definition) is 1. The van der Waals surface area contributed by atoms with Gasteiger partial charge in [0.25, 0.3) is 5.91 Å². The minimum atomic E-state index is -0.118. The summed E-state index contributed by atoms with van der Waals surface area (Å²) in [4.78, 5) is 24.0. The number of amides is 1. The van der Waals surface area contributed by atoms with Gasteiger partial charge < -0.3 is 15.1 Å². The third kappa shape index (κ3) is 2.76. The molecule has 0 spiro atoms. The summed E-state index contributed by atoms with van der Waals surface area (Å²) >= 11 is 0. The van der Waals surface area contributed by atoms with Crippen molar-refractivity contribution in [2.75, 3.05) is 38.6 Å². The number of rotatable bonds is 2. The van der Waals surface area contributed by atoms with Gasteiger partial charge >= 0.3 is 0 Å². The van der Waals surface area contributed by atoms with Crippen molar-refractivity contribution in [3.05, 3.63) is 18.1 Å². The van der Waals surface area contributed by atoms with Crippen LogP contribution in [0.15, 0.2) is 12.4 Å². The highest BCUT2D eigenvalue weighted by Gasteiger charge is 2.19. The number of carbonyl (C=O) groups is 1. The Hall–Kier alpha value is -1.69. The summed E-state index contributed by atoms with van der Waals surface area (Å²) in [5.41, 5.74) is 0.392. The average molecular weight is 249 g/mol. The van der Waals surface area contributed by atoms with Gasteiger partial charge in [0.2, 0.25) is 0 Å². The van der Waals surface area contributed by atoms with E-state index in [4.69, 9.17) is 0 Å². The third-order valence-corrected chi connectivity index (χ3v) is 2.94. The van der Waals surface area contributed by atoms with E-state index in [9.17, 15) is 4.79 Å². The molecule has 1 fully saturated rings. The quantitative estimate of drug-likeness (QED) is 0.798. The largest absolute Gasteiger partial charge is 0.352 e. The fourth-order valence-electron chi connectivity index (χ4n) is 1.98. The maximum Gasteiger partial charge on any atom is 0.273 e. The molecule has 1 saturated heterocycles. The summed E-state index contributed by atoms with van der Waals surface area (Å²) in [7, 11) is 3.42. The average Bonchev–Trinajstić information content (AvgIpc) is 2.38. The second kappa shape index (κ2) is 5.30. The Morgan fingerprint density at radius 1 is 1.50 bits per heavy atom. The van der Waals surface area contributed by atoms with Crippen molar-refractivity contribution in [1.29, 1.82) is 0 Å². The molecule has 0 aliphatic carbocycles. The molecule has 98 valence electrons. The number of piperazine rings is 1. The van der Waals surface area contributed by atoms with E-state index in [0.29, 0.717) is 11.7 Å². The van der Waals surface area contributed by atoms with Crippen molar-refractivity contribution >= 4 is 11.7 Å². The molecule has 1 aliphatic rings. The Labute approximate surface area is 107 Å². The first-order chi connectivity index (χ1) is 8.58. The van der Waals surface area contributed by atoms with Gasteiger partial charge in [-0.05, 0) is 6.92 Å². The number of aromatic nitrogens is 2. The molecule has 1 aromatic rings. The molecule has 0 bridgehead atoms. The van der Waals surface area contributed by atoms with Crippen LogP contribution in [0.25, 0.3) is 0 Å². The molecule has 0 unspecified atom stereocenters. The van der Waals surface area contributed by atoms with Crippen LogP contribution in [-0.2, 0) is 0 Å². The van der Waals surface area contributed by atoms with Gasteiger partial charge in [-0.3, -0.25) is 9.78 Å². The molecular formula is C12H19N5O. The monoisotopic (exact) mass is 249 g/mol. The van der Waals surface area contributed by atoms with Gasteiger partial charge in [-0.15, -0.1) is 0 Å². The van der Waals surface area contributed by atoms with Crippen LogP contribution in [0.5, 0.6) is 0 Å². The SMILES string of the molecule is C[C@@H]1CN(c2cncc(C(=O)N(C)C)n2)CCN1. The molecule has 0 radical (unpaired) electrons. The zero-order valence-electron chi connectivity index (χ0n) is 11.1. The van der Waals surface area contributed by atoms with Gasteiger partial charge in [0.1, 0.15) is 11.5 Å². The van der Waals surface area contributed by atoms with Crippen LogP contribution < -0.4 is 10.2 Å². The standard InChI is InChI=1S/C12H19N5O/c1-9-8-17(5-4-14-9)11-7-13-6-10(15-11)12(18)16(2)3/h6-7,9,14H,4-5,8H2,1-3H3/t9-/m1/s1. The van der Waals surface area contributed by atoms with E-state index in [0.717, 1.165) is 25.5 Å². The Kier molecular flexibility index (Phi) is 3.76. The van der Waals surface area contributed by atoms with Gasteiger partial charge in [0, 0.05) is 39.8 Å². The summed E-state index contributed by atoms with van der Waals surface area (Å²) in [6.07, 6.45) is 3.22. The molecular weight excluding hydrogens is 230 g/mol. The molecule has 0 saturated carbocycles. The highest BCUT2D eigenvalue weighted by Crippen LogP contribution is 2.12.